The standard InChI is InChI=1S/C17H23BrClNO/c1-17(2,3)12-6-4-5-7-15(12)20-16(21)11-8-9-13(18)14(19)10-11/h8-10,12,15H,4-7H2,1-3H3,(H,20,21). The Balaban J connectivity index is 2.11. The van der Waals surface area contributed by atoms with Gasteiger partial charge in [0.25, 0.3) is 5.91 Å². The van der Waals surface area contributed by atoms with Crippen LogP contribution in [0.15, 0.2) is 22.7 Å². The molecule has 1 amide bonds. The smallest absolute Gasteiger partial charge is 0.251 e. The van der Waals surface area contributed by atoms with Crippen molar-refractivity contribution < 1.29 is 4.79 Å². The molecule has 4 heteroatoms. The second-order valence-corrected chi connectivity index (χ2v) is 8.23. The van der Waals surface area contributed by atoms with E-state index in [-0.39, 0.29) is 17.4 Å². The zero-order valence-electron chi connectivity index (χ0n) is 12.9. The monoisotopic (exact) mass is 371 g/mol. The van der Waals surface area contributed by atoms with Gasteiger partial charge >= 0.3 is 0 Å². The molecule has 1 aromatic carbocycles. The minimum atomic E-state index is -0.0226. The van der Waals surface area contributed by atoms with Crippen LogP contribution >= 0.6 is 27.5 Å². The highest BCUT2D eigenvalue weighted by Gasteiger charge is 2.34. The molecule has 1 aliphatic carbocycles. The van der Waals surface area contributed by atoms with Gasteiger partial charge in [0.05, 0.1) is 5.02 Å². The molecule has 1 N–H and O–H groups in total. The number of nitrogens with one attached hydrogen (secondary N) is 1. The summed E-state index contributed by atoms with van der Waals surface area (Å²) in [7, 11) is 0. The van der Waals surface area contributed by atoms with Gasteiger partial charge in [-0.25, -0.2) is 0 Å². The van der Waals surface area contributed by atoms with E-state index >= 15 is 0 Å². The van der Waals surface area contributed by atoms with Crippen LogP contribution in [0, 0.1) is 11.3 Å². The molecule has 0 radical (unpaired) electrons. The highest BCUT2D eigenvalue weighted by atomic mass is 79.9. The van der Waals surface area contributed by atoms with E-state index in [1.165, 1.54) is 19.3 Å². The van der Waals surface area contributed by atoms with Crippen molar-refractivity contribution in [1.29, 1.82) is 0 Å². The first-order valence-electron chi connectivity index (χ1n) is 7.55. The van der Waals surface area contributed by atoms with Gasteiger partial charge in [-0.2, -0.15) is 0 Å². The summed E-state index contributed by atoms with van der Waals surface area (Å²) in [6.07, 6.45) is 4.71. The summed E-state index contributed by atoms with van der Waals surface area (Å²) in [5.41, 5.74) is 0.844. The van der Waals surface area contributed by atoms with Gasteiger partial charge in [-0.3, -0.25) is 4.79 Å². The van der Waals surface area contributed by atoms with Crippen LogP contribution in [0.2, 0.25) is 5.02 Å². The molecule has 2 unspecified atom stereocenters. The summed E-state index contributed by atoms with van der Waals surface area (Å²) < 4.78 is 0.811. The maximum Gasteiger partial charge on any atom is 0.251 e. The molecule has 116 valence electrons. The van der Waals surface area contributed by atoms with Crippen molar-refractivity contribution in [3.05, 3.63) is 33.3 Å². The number of amides is 1. The van der Waals surface area contributed by atoms with Crippen LogP contribution in [0.25, 0.3) is 0 Å². The highest BCUT2D eigenvalue weighted by molar-refractivity contribution is 9.10. The first-order chi connectivity index (χ1) is 9.79. The van der Waals surface area contributed by atoms with E-state index in [0.29, 0.717) is 16.5 Å². The van der Waals surface area contributed by atoms with E-state index in [9.17, 15) is 4.79 Å². The number of carbonyl (C=O) groups is 1. The van der Waals surface area contributed by atoms with Crippen molar-refractivity contribution in [2.45, 2.75) is 52.5 Å². The van der Waals surface area contributed by atoms with E-state index in [1.54, 1.807) is 12.1 Å². The average molecular weight is 373 g/mol. The Kier molecular flexibility index (Phi) is 5.37. The maximum absolute atomic E-state index is 12.5. The number of hydrogen-bond donors (Lipinski definition) is 1. The number of hydrogen-bond acceptors (Lipinski definition) is 1. The van der Waals surface area contributed by atoms with E-state index in [2.05, 4.69) is 42.0 Å². The Labute approximate surface area is 140 Å². The fourth-order valence-electron chi connectivity index (χ4n) is 3.23. The zero-order valence-corrected chi connectivity index (χ0v) is 15.2. The fourth-order valence-corrected chi connectivity index (χ4v) is 3.66. The van der Waals surface area contributed by atoms with Crippen molar-refractivity contribution in [2.75, 3.05) is 0 Å². The summed E-state index contributed by atoms with van der Waals surface area (Å²) >= 11 is 9.42. The first kappa shape index (κ1) is 16.8. The van der Waals surface area contributed by atoms with Gasteiger partial charge in [0.15, 0.2) is 0 Å². The van der Waals surface area contributed by atoms with Crippen LogP contribution in [0.5, 0.6) is 0 Å². The van der Waals surface area contributed by atoms with Crippen molar-refractivity contribution in [2.24, 2.45) is 11.3 Å². The summed E-state index contributed by atoms with van der Waals surface area (Å²) in [6, 6.07) is 5.60. The minimum absolute atomic E-state index is 0.0226. The predicted molar refractivity (Wildman–Crippen MR) is 91.8 cm³/mol. The molecule has 0 aromatic heterocycles. The second kappa shape index (κ2) is 6.70. The fraction of sp³-hybridized carbons (Fsp3) is 0.588. The van der Waals surface area contributed by atoms with E-state index < -0.39 is 0 Å². The molecule has 2 nitrogen and oxygen atoms in total. The molecule has 1 aromatic rings. The lowest BCUT2D eigenvalue weighted by molar-refractivity contribution is 0.0830. The molecule has 0 heterocycles. The molecule has 2 atom stereocenters. The van der Waals surface area contributed by atoms with Gasteiger partial charge in [0.1, 0.15) is 0 Å². The van der Waals surface area contributed by atoms with Crippen LogP contribution in [0.1, 0.15) is 56.8 Å². The lowest BCUT2D eigenvalue weighted by atomic mass is 9.69. The van der Waals surface area contributed by atoms with Crippen LogP contribution in [-0.2, 0) is 0 Å². The van der Waals surface area contributed by atoms with Crippen LogP contribution < -0.4 is 5.32 Å². The van der Waals surface area contributed by atoms with Crippen molar-refractivity contribution in [3.8, 4) is 0 Å². The summed E-state index contributed by atoms with van der Waals surface area (Å²) in [5, 5.41) is 3.79. The number of rotatable bonds is 2. The lowest BCUT2D eigenvalue weighted by Crippen LogP contribution is -2.46. The molecule has 2 rings (SSSR count). The minimum Gasteiger partial charge on any atom is -0.349 e. The van der Waals surface area contributed by atoms with Crippen LogP contribution in [0.4, 0.5) is 0 Å². The summed E-state index contributed by atoms with van der Waals surface area (Å²) in [4.78, 5) is 12.5. The van der Waals surface area contributed by atoms with E-state index in [1.807, 2.05) is 6.07 Å². The van der Waals surface area contributed by atoms with E-state index in [0.717, 1.165) is 10.9 Å². The molecule has 1 saturated carbocycles. The van der Waals surface area contributed by atoms with Crippen molar-refractivity contribution >= 4 is 33.4 Å². The first-order valence-corrected chi connectivity index (χ1v) is 8.72. The van der Waals surface area contributed by atoms with Crippen molar-refractivity contribution in [1.82, 2.24) is 5.32 Å². The Bertz CT molecular complexity index is 524. The van der Waals surface area contributed by atoms with E-state index in [4.69, 9.17) is 11.6 Å². The normalized spacial score (nSPS) is 22.9. The third-order valence-corrected chi connectivity index (χ3v) is 5.61. The second-order valence-electron chi connectivity index (χ2n) is 6.97. The summed E-state index contributed by atoms with van der Waals surface area (Å²) in [6.45, 7) is 6.79. The molecular weight excluding hydrogens is 350 g/mol. The molecule has 0 spiro atoms. The third kappa shape index (κ3) is 4.23. The SMILES string of the molecule is CC(C)(C)C1CCCCC1NC(=O)c1ccc(Br)c(Cl)c1. The Morgan fingerprint density at radius 2 is 1.95 bits per heavy atom. The zero-order chi connectivity index (χ0) is 15.6. The molecule has 1 aliphatic rings. The van der Waals surface area contributed by atoms with Gasteiger partial charge < -0.3 is 5.32 Å². The Morgan fingerprint density at radius 3 is 2.57 bits per heavy atom. The molecule has 0 saturated heterocycles. The van der Waals surface area contributed by atoms with Gasteiger partial charge in [0.2, 0.25) is 0 Å². The number of benzene rings is 1. The maximum atomic E-state index is 12.5. The lowest BCUT2D eigenvalue weighted by Gasteiger charge is -2.40. The number of halogens is 2. The van der Waals surface area contributed by atoms with Gasteiger partial charge in [-0.1, -0.05) is 45.2 Å². The molecule has 0 aliphatic heterocycles. The highest BCUT2D eigenvalue weighted by Crippen LogP contribution is 2.38. The largest absolute Gasteiger partial charge is 0.349 e. The molecular formula is C17H23BrClNO. The van der Waals surface area contributed by atoms with Crippen LogP contribution in [-0.4, -0.2) is 11.9 Å². The average Bonchev–Trinajstić information content (AvgIpc) is 2.41. The van der Waals surface area contributed by atoms with Gasteiger partial charge in [0, 0.05) is 16.1 Å². The van der Waals surface area contributed by atoms with Gasteiger partial charge in [-0.15, -0.1) is 0 Å². The third-order valence-electron chi connectivity index (χ3n) is 4.38. The summed E-state index contributed by atoms with van der Waals surface area (Å²) in [5.74, 6) is 0.506. The Hall–Kier alpha value is -0.540. The van der Waals surface area contributed by atoms with Crippen LogP contribution in [0.3, 0.4) is 0 Å². The predicted octanol–water partition coefficient (Wildman–Crippen LogP) is 5.44. The molecule has 0 bridgehead atoms. The molecule has 21 heavy (non-hydrogen) atoms. The number of carbonyl (C=O) groups excluding carboxylic acids is 1. The van der Waals surface area contributed by atoms with Crippen molar-refractivity contribution in [3.63, 3.8) is 0 Å². The molecule has 1 fully saturated rings. The quantitative estimate of drug-likeness (QED) is 0.736. The topological polar surface area (TPSA) is 29.1 Å². The Morgan fingerprint density at radius 1 is 1.29 bits per heavy atom. The van der Waals surface area contributed by atoms with Gasteiger partial charge in [-0.05, 0) is 58.3 Å².